The summed E-state index contributed by atoms with van der Waals surface area (Å²) in [5, 5.41) is 3.72. The molecule has 3 aromatic rings. The number of thioether (sulfide) groups is 1. The van der Waals surface area contributed by atoms with E-state index < -0.39 is 0 Å². The fraction of sp³-hybridized carbons (Fsp3) is 0.429. The Labute approximate surface area is 263 Å². The Morgan fingerprint density at radius 2 is 1.77 bits per heavy atom. The molecule has 226 valence electrons. The van der Waals surface area contributed by atoms with Gasteiger partial charge in [-0.15, -0.1) is 11.8 Å². The predicted octanol–water partition coefficient (Wildman–Crippen LogP) is 7.36. The maximum atomic E-state index is 14.2. The molecule has 5 nitrogen and oxygen atoms in total. The molecule has 2 heterocycles. The number of anilines is 1. The Hall–Kier alpha value is -2.87. The molecule has 8 heteroatoms. The molecule has 1 saturated carbocycles. The van der Waals surface area contributed by atoms with Gasteiger partial charge >= 0.3 is 0 Å². The summed E-state index contributed by atoms with van der Waals surface area (Å²) in [5.74, 6) is 0.101. The minimum absolute atomic E-state index is 0.0319. The van der Waals surface area contributed by atoms with Crippen LogP contribution < -0.4 is 10.2 Å². The molecule has 2 amide bonds. The summed E-state index contributed by atoms with van der Waals surface area (Å²) >= 11 is 8.17. The zero-order valence-corrected chi connectivity index (χ0v) is 26.0. The van der Waals surface area contributed by atoms with E-state index in [0.29, 0.717) is 34.3 Å². The van der Waals surface area contributed by atoms with Gasteiger partial charge in [0.05, 0.1) is 18.2 Å². The molecule has 2 atom stereocenters. The van der Waals surface area contributed by atoms with E-state index in [4.69, 9.17) is 11.6 Å². The monoisotopic (exact) mass is 619 g/mol. The predicted molar refractivity (Wildman–Crippen MR) is 172 cm³/mol. The van der Waals surface area contributed by atoms with Crippen molar-refractivity contribution in [3.63, 3.8) is 0 Å². The summed E-state index contributed by atoms with van der Waals surface area (Å²) in [6, 6.07) is 20.6. The highest BCUT2D eigenvalue weighted by molar-refractivity contribution is 8.00. The molecule has 3 aliphatic rings. The van der Waals surface area contributed by atoms with Gasteiger partial charge in [-0.2, -0.15) is 0 Å². The van der Waals surface area contributed by atoms with E-state index in [-0.39, 0.29) is 35.3 Å². The van der Waals surface area contributed by atoms with Crippen LogP contribution in [0, 0.1) is 17.7 Å². The number of likely N-dealkylation sites (tertiary alicyclic amines) is 1. The van der Waals surface area contributed by atoms with E-state index in [0.717, 1.165) is 56.6 Å². The molecular weight excluding hydrogens is 581 g/mol. The molecule has 2 aliphatic heterocycles. The van der Waals surface area contributed by atoms with Gasteiger partial charge in [-0.3, -0.25) is 9.59 Å². The molecular formula is C35H39ClFN3O2S. The topological polar surface area (TPSA) is 52.7 Å². The lowest BCUT2D eigenvalue weighted by Crippen LogP contribution is -2.40. The molecule has 3 aromatic carbocycles. The van der Waals surface area contributed by atoms with E-state index in [2.05, 4.69) is 40.5 Å². The van der Waals surface area contributed by atoms with Crippen LogP contribution in [-0.2, 0) is 17.8 Å². The van der Waals surface area contributed by atoms with E-state index in [1.807, 2.05) is 18.2 Å². The smallest absolute Gasteiger partial charge is 0.251 e. The summed E-state index contributed by atoms with van der Waals surface area (Å²) in [4.78, 5) is 32.4. The van der Waals surface area contributed by atoms with Crippen LogP contribution in [-0.4, -0.2) is 48.1 Å². The Morgan fingerprint density at radius 1 is 0.977 bits per heavy atom. The summed E-state index contributed by atoms with van der Waals surface area (Å²) in [6.45, 7) is 3.64. The fourth-order valence-electron chi connectivity index (χ4n) is 6.76. The first-order valence-corrected chi connectivity index (χ1v) is 16.8. The molecule has 0 aromatic heterocycles. The zero-order chi connectivity index (χ0) is 29.8. The van der Waals surface area contributed by atoms with Gasteiger partial charge in [0.25, 0.3) is 5.91 Å². The van der Waals surface area contributed by atoms with E-state index in [1.54, 1.807) is 16.7 Å². The van der Waals surface area contributed by atoms with Crippen molar-refractivity contribution in [2.45, 2.75) is 61.6 Å². The number of hydrogen-bond acceptors (Lipinski definition) is 4. The van der Waals surface area contributed by atoms with Crippen LogP contribution in [0.25, 0.3) is 0 Å². The Bertz CT molecular complexity index is 1450. The second-order valence-corrected chi connectivity index (χ2v) is 13.8. The van der Waals surface area contributed by atoms with Crippen molar-refractivity contribution in [3.05, 3.63) is 94.3 Å². The fourth-order valence-corrected chi connectivity index (χ4v) is 8.40. The third-order valence-electron chi connectivity index (χ3n) is 9.20. The van der Waals surface area contributed by atoms with E-state index in [1.165, 1.54) is 36.6 Å². The van der Waals surface area contributed by atoms with Crippen LogP contribution in [0.3, 0.4) is 0 Å². The first kappa shape index (κ1) is 30.2. The third kappa shape index (κ3) is 7.27. The minimum Gasteiger partial charge on any atom is -0.351 e. The molecule has 2 fully saturated rings. The molecule has 6 rings (SSSR count). The summed E-state index contributed by atoms with van der Waals surface area (Å²) in [5.41, 5.74) is 3.19. The van der Waals surface area contributed by atoms with Crippen molar-refractivity contribution in [2.24, 2.45) is 11.8 Å². The normalized spacial score (nSPS) is 21.2. The number of carbonyl (C=O) groups is 2. The highest BCUT2D eigenvalue weighted by Crippen LogP contribution is 2.46. The molecule has 43 heavy (non-hydrogen) atoms. The van der Waals surface area contributed by atoms with E-state index in [9.17, 15) is 14.0 Å². The van der Waals surface area contributed by atoms with Gasteiger partial charge in [-0.1, -0.05) is 54.8 Å². The molecule has 0 bridgehead atoms. The first-order valence-electron chi connectivity index (χ1n) is 15.5. The number of piperidine rings is 1. The van der Waals surface area contributed by atoms with Crippen molar-refractivity contribution in [1.29, 1.82) is 0 Å². The number of rotatable bonds is 8. The standard InChI is InChI=1S/C35H39ClFN3O2S/c36-30-12-11-28(37)21-27(30)23-40-31-22-26(10-13-33(31)43-32-9-5-4-8-29(32)35(40)42)34(41)38-16-19-39-17-14-25(15-18-39)20-24-6-2-1-3-7-24/h1-3,6-7,10-13,21-22,25,29,32H,4-5,8-9,14-20,23H2,(H,38,41)/t29-,32+/m1/s1. The van der Waals surface area contributed by atoms with Gasteiger partial charge in [0.2, 0.25) is 5.91 Å². The van der Waals surface area contributed by atoms with Gasteiger partial charge in [-0.25, -0.2) is 4.39 Å². The summed E-state index contributed by atoms with van der Waals surface area (Å²) < 4.78 is 14.2. The molecule has 1 saturated heterocycles. The minimum atomic E-state index is -0.389. The van der Waals surface area contributed by atoms with Crippen LogP contribution in [0.5, 0.6) is 0 Å². The molecule has 0 radical (unpaired) electrons. The van der Waals surface area contributed by atoms with Crippen molar-refractivity contribution < 1.29 is 14.0 Å². The van der Waals surface area contributed by atoms with Crippen LogP contribution in [0.2, 0.25) is 5.02 Å². The molecule has 1 aliphatic carbocycles. The number of nitrogens with zero attached hydrogens (tertiary/aromatic N) is 2. The zero-order valence-electron chi connectivity index (χ0n) is 24.4. The van der Waals surface area contributed by atoms with Gasteiger partial charge in [0.15, 0.2) is 0 Å². The average Bonchev–Trinajstić information content (AvgIpc) is 3.14. The largest absolute Gasteiger partial charge is 0.351 e. The summed E-state index contributed by atoms with van der Waals surface area (Å²) in [6.07, 6.45) is 7.44. The maximum Gasteiger partial charge on any atom is 0.251 e. The number of amides is 2. The Kier molecular flexibility index (Phi) is 9.71. The highest BCUT2D eigenvalue weighted by Gasteiger charge is 2.39. The van der Waals surface area contributed by atoms with Gasteiger partial charge < -0.3 is 15.1 Å². The van der Waals surface area contributed by atoms with Crippen LogP contribution in [0.1, 0.15) is 60.0 Å². The van der Waals surface area contributed by atoms with Crippen molar-refractivity contribution >= 4 is 40.9 Å². The summed E-state index contributed by atoms with van der Waals surface area (Å²) in [7, 11) is 0. The number of halogens is 2. The van der Waals surface area contributed by atoms with E-state index >= 15 is 0 Å². The van der Waals surface area contributed by atoms with Gasteiger partial charge in [-0.05, 0) is 98.6 Å². The number of carbonyl (C=O) groups excluding carboxylic acids is 2. The Morgan fingerprint density at radius 3 is 2.58 bits per heavy atom. The van der Waals surface area contributed by atoms with Crippen LogP contribution in [0.15, 0.2) is 71.6 Å². The van der Waals surface area contributed by atoms with Crippen molar-refractivity contribution in [3.8, 4) is 0 Å². The van der Waals surface area contributed by atoms with Gasteiger partial charge in [0.1, 0.15) is 5.82 Å². The quantitative estimate of drug-likeness (QED) is 0.286. The SMILES string of the molecule is O=C(NCCN1CCC(Cc2ccccc2)CC1)c1ccc2c(c1)N(Cc1cc(F)ccc1Cl)C(=O)[C@@H]1CCCC[C@@H]1S2. The number of benzene rings is 3. The van der Waals surface area contributed by atoms with Crippen LogP contribution in [0.4, 0.5) is 10.1 Å². The average molecular weight is 620 g/mol. The molecule has 1 N–H and O–H groups in total. The second-order valence-electron chi connectivity index (χ2n) is 12.1. The Balaban J connectivity index is 1.11. The maximum absolute atomic E-state index is 14.2. The lowest BCUT2D eigenvalue weighted by Gasteiger charge is -2.32. The number of fused-ring (bicyclic) bond motifs is 2. The van der Waals surface area contributed by atoms with Crippen molar-refractivity contribution in [2.75, 3.05) is 31.1 Å². The first-order chi connectivity index (χ1) is 20.9. The lowest BCUT2D eigenvalue weighted by molar-refractivity contribution is -0.123. The lowest BCUT2D eigenvalue weighted by atomic mass is 9.87. The third-order valence-corrected chi connectivity index (χ3v) is 11.0. The van der Waals surface area contributed by atoms with Crippen molar-refractivity contribution in [1.82, 2.24) is 10.2 Å². The number of nitrogens with one attached hydrogen (secondary N) is 1. The number of hydrogen-bond donors (Lipinski definition) is 1. The second kappa shape index (κ2) is 13.8. The highest BCUT2D eigenvalue weighted by atomic mass is 35.5. The molecule has 0 unspecified atom stereocenters. The van der Waals surface area contributed by atoms with Gasteiger partial charge in [0, 0.05) is 33.8 Å². The van der Waals surface area contributed by atoms with Crippen LogP contribution >= 0.6 is 23.4 Å². The molecule has 0 spiro atoms.